The first-order valence-electron chi connectivity index (χ1n) is 12.0. The third-order valence-electron chi connectivity index (χ3n) is 6.41. The van der Waals surface area contributed by atoms with E-state index in [0.717, 1.165) is 40.4 Å². The van der Waals surface area contributed by atoms with Crippen LogP contribution in [0.2, 0.25) is 0 Å². The molecule has 1 aliphatic heterocycles. The number of benzene rings is 2. The van der Waals surface area contributed by atoms with Gasteiger partial charge in [0, 0.05) is 37.4 Å². The van der Waals surface area contributed by atoms with Crippen molar-refractivity contribution in [3.8, 4) is 11.5 Å². The molecule has 0 aliphatic carbocycles. The minimum Gasteiger partial charge on any atom is -0.493 e. The second-order valence-electron chi connectivity index (χ2n) is 8.68. The van der Waals surface area contributed by atoms with Gasteiger partial charge in [0.15, 0.2) is 16.6 Å². The Kier molecular flexibility index (Phi) is 7.93. The molecule has 0 radical (unpaired) electrons. The molecule has 1 atom stereocenters. The Balaban J connectivity index is 1.78. The van der Waals surface area contributed by atoms with Crippen LogP contribution in [0.1, 0.15) is 41.6 Å². The molecular formula is C27H33N3O4S. The van der Waals surface area contributed by atoms with E-state index in [4.69, 9.17) is 26.4 Å². The highest BCUT2D eigenvalue weighted by Crippen LogP contribution is 2.40. The fourth-order valence-corrected chi connectivity index (χ4v) is 4.95. The number of methoxy groups -OCH3 is 2. The van der Waals surface area contributed by atoms with Gasteiger partial charge in [0.1, 0.15) is 0 Å². The molecule has 186 valence electrons. The third kappa shape index (κ3) is 5.28. The van der Waals surface area contributed by atoms with Gasteiger partial charge in [-0.25, -0.2) is 0 Å². The van der Waals surface area contributed by atoms with Crippen LogP contribution in [0.3, 0.4) is 0 Å². The van der Waals surface area contributed by atoms with E-state index in [9.17, 15) is 4.79 Å². The highest BCUT2D eigenvalue weighted by molar-refractivity contribution is 7.80. The minimum atomic E-state index is -0.361. The molecule has 3 aromatic rings. The molecule has 2 N–H and O–H groups in total. The van der Waals surface area contributed by atoms with E-state index in [2.05, 4.69) is 21.3 Å². The lowest BCUT2D eigenvalue weighted by atomic mass is 9.88. The maximum atomic E-state index is 13.4. The van der Waals surface area contributed by atoms with E-state index < -0.39 is 0 Å². The van der Waals surface area contributed by atoms with Gasteiger partial charge in [-0.2, -0.15) is 0 Å². The summed E-state index contributed by atoms with van der Waals surface area (Å²) in [5.41, 5.74) is 4.55. The quantitative estimate of drug-likeness (QED) is 0.360. The number of H-pyrrole nitrogens is 1. The maximum Gasteiger partial charge on any atom is 0.254 e. The maximum absolute atomic E-state index is 13.4. The Morgan fingerprint density at radius 3 is 2.66 bits per heavy atom. The molecule has 0 fully saturated rings. The molecule has 0 spiro atoms. The molecule has 35 heavy (non-hydrogen) atoms. The van der Waals surface area contributed by atoms with E-state index in [1.807, 2.05) is 44.2 Å². The number of hydrogen-bond acceptors (Lipinski definition) is 5. The lowest BCUT2D eigenvalue weighted by Crippen LogP contribution is -2.47. The summed E-state index contributed by atoms with van der Waals surface area (Å²) in [4.78, 5) is 18.6. The van der Waals surface area contributed by atoms with Crippen molar-refractivity contribution in [3.05, 3.63) is 69.0 Å². The molecular weight excluding hydrogens is 462 g/mol. The molecule has 0 saturated carbocycles. The number of rotatable bonds is 8. The second-order valence-corrected chi connectivity index (χ2v) is 9.07. The highest BCUT2D eigenvalue weighted by atomic mass is 32.1. The van der Waals surface area contributed by atoms with Crippen molar-refractivity contribution in [2.75, 3.05) is 40.5 Å². The van der Waals surface area contributed by atoms with Gasteiger partial charge in [-0.15, -0.1) is 0 Å². The van der Waals surface area contributed by atoms with E-state index in [0.29, 0.717) is 48.5 Å². The average Bonchev–Trinajstić information content (AvgIpc) is 2.86. The molecule has 1 aromatic heterocycles. The van der Waals surface area contributed by atoms with Crippen LogP contribution in [-0.2, 0) is 11.2 Å². The van der Waals surface area contributed by atoms with Gasteiger partial charge in [-0.3, -0.25) is 4.79 Å². The number of fused-ring (bicyclic) bond motifs is 2. The van der Waals surface area contributed by atoms with Gasteiger partial charge in [-0.05, 0) is 85.2 Å². The number of thiocarbonyl (C=S) groups is 1. The van der Waals surface area contributed by atoms with Crippen molar-refractivity contribution in [2.45, 2.75) is 32.7 Å². The van der Waals surface area contributed by atoms with Crippen molar-refractivity contribution in [3.63, 3.8) is 0 Å². The van der Waals surface area contributed by atoms with E-state index in [-0.39, 0.29) is 11.6 Å². The van der Waals surface area contributed by atoms with Crippen LogP contribution in [0.15, 0.2) is 41.2 Å². The van der Waals surface area contributed by atoms with Crippen LogP contribution in [0.25, 0.3) is 10.9 Å². The summed E-state index contributed by atoms with van der Waals surface area (Å²) in [7, 11) is 3.25. The van der Waals surface area contributed by atoms with Gasteiger partial charge < -0.3 is 29.4 Å². The summed E-state index contributed by atoms with van der Waals surface area (Å²) >= 11 is 5.83. The number of ether oxygens (including phenoxy) is 3. The van der Waals surface area contributed by atoms with Crippen molar-refractivity contribution in [1.29, 1.82) is 0 Å². The smallest absolute Gasteiger partial charge is 0.254 e. The zero-order chi connectivity index (χ0) is 24.9. The molecule has 7 nitrogen and oxygen atoms in total. The first-order valence-corrected chi connectivity index (χ1v) is 12.4. The molecule has 1 aliphatic rings. The molecule has 2 aromatic carbocycles. The molecule has 8 heteroatoms. The second kappa shape index (κ2) is 11.1. The first kappa shape index (κ1) is 25.0. The predicted octanol–water partition coefficient (Wildman–Crippen LogP) is 4.10. The average molecular weight is 496 g/mol. The summed E-state index contributed by atoms with van der Waals surface area (Å²) < 4.78 is 16.6. The summed E-state index contributed by atoms with van der Waals surface area (Å²) in [5, 5.41) is 4.97. The fourth-order valence-electron chi connectivity index (χ4n) is 4.65. The van der Waals surface area contributed by atoms with Crippen molar-refractivity contribution >= 4 is 28.2 Å². The number of pyridine rings is 1. The van der Waals surface area contributed by atoms with Crippen molar-refractivity contribution < 1.29 is 14.2 Å². The van der Waals surface area contributed by atoms with Gasteiger partial charge in [-0.1, -0.05) is 12.1 Å². The van der Waals surface area contributed by atoms with Crippen LogP contribution < -0.4 is 20.3 Å². The predicted molar refractivity (Wildman–Crippen MR) is 143 cm³/mol. The zero-order valence-electron chi connectivity index (χ0n) is 20.8. The summed E-state index contributed by atoms with van der Waals surface area (Å²) in [6.07, 6.45) is 1.63. The fraction of sp³-hybridized carbons (Fsp3) is 0.407. The monoisotopic (exact) mass is 495 g/mol. The molecule has 0 saturated heterocycles. The van der Waals surface area contributed by atoms with Crippen LogP contribution in [0.5, 0.6) is 11.5 Å². The number of nitrogens with zero attached hydrogens (tertiary/aromatic N) is 1. The molecule has 2 heterocycles. The van der Waals surface area contributed by atoms with Crippen LogP contribution in [-0.4, -0.2) is 55.5 Å². The largest absolute Gasteiger partial charge is 0.493 e. The molecule has 0 bridgehead atoms. The topological polar surface area (TPSA) is 75.8 Å². The molecule has 0 unspecified atom stereocenters. The third-order valence-corrected chi connectivity index (χ3v) is 6.78. The Morgan fingerprint density at radius 2 is 1.91 bits per heavy atom. The van der Waals surface area contributed by atoms with Gasteiger partial charge >= 0.3 is 0 Å². The number of nitrogens with one attached hydrogen (secondary N) is 2. The number of aryl methyl sites for hydroxylation is 1. The zero-order valence-corrected chi connectivity index (χ0v) is 21.6. The number of hydrogen-bond donors (Lipinski definition) is 2. The minimum absolute atomic E-state index is 0.125. The Morgan fingerprint density at radius 1 is 1.14 bits per heavy atom. The summed E-state index contributed by atoms with van der Waals surface area (Å²) in [6.45, 7) is 6.76. The summed E-state index contributed by atoms with van der Waals surface area (Å²) in [6, 6.07) is 11.7. The number of aromatic nitrogens is 1. The van der Waals surface area contributed by atoms with Crippen LogP contribution in [0.4, 0.5) is 0 Å². The Hall–Kier alpha value is -3.10. The van der Waals surface area contributed by atoms with Gasteiger partial charge in [0.2, 0.25) is 0 Å². The van der Waals surface area contributed by atoms with Gasteiger partial charge in [0.05, 0.1) is 20.3 Å². The molecule has 4 rings (SSSR count). The molecule has 0 amide bonds. The lowest BCUT2D eigenvalue weighted by Gasteiger charge is -2.39. The van der Waals surface area contributed by atoms with E-state index >= 15 is 0 Å². The normalized spacial score (nSPS) is 15.1. The van der Waals surface area contributed by atoms with Crippen molar-refractivity contribution in [2.24, 2.45) is 0 Å². The standard InChI is InChI=1S/C27H33N3O4S/c1-5-34-12-6-10-28-27(35)30-11-9-18-15-23(32-3)24(33-4)16-20(18)25(30)21-14-19-8-7-17(2)13-22(19)29-26(21)31/h7-8,13-16,25H,5-6,9-12H2,1-4H3,(H,28,35)(H,29,31)/t25-/m0/s1. The highest BCUT2D eigenvalue weighted by Gasteiger charge is 2.33. The summed E-state index contributed by atoms with van der Waals surface area (Å²) in [5.74, 6) is 1.31. The Bertz CT molecular complexity index is 1270. The first-order chi connectivity index (χ1) is 17.0. The van der Waals surface area contributed by atoms with Crippen LogP contribution in [0, 0.1) is 6.92 Å². The number of aromatic amines is 1. The Labute approximate surface area is 211 Å². The SMILES string of the molecule is CCOCCCNC(=S)N1CCc2cc(OC)c(OC)cc2[C@H]1c1cc2ccc(C)cc2[nH]c1=O. The van der Waals surface area contributed by atoms with Gasteiger partial charge in [0.25, 0.3) is 5.56 Å². The lowest BCUT2D eigenvalue weighted by molar-refractivity contribution is 0.145. The van der Waals surface area contributed by atoms with Crippen molar-refractivity contribution in [1.82, 2.24) is 15.2 Å². The van der Waals surface area contributed by atoms with Crippen LogP contribution >= 0.6 is 12.2 Å². The van der Waals surface area contributed by atoms with E-state index in [1.165, 1.54) is 0 Å². The van der Waals surface area contributed by atoms with E-state index in [1.54, 1.807) is 14.2 Å².